The van der Waals surface area contributed by atoms with E-state index in [0.29, 0.717) is 23.9 Å². The molecule has 3 N–H and O–H groups in total. The molecule has 1 saturated heterocycles. The molecular weight excluding hydrogens is 310 g/mol. The normalized spacial score (nSPS) is 19.5. The molecular formula is C12H21N5O2S2. The van der Waals surface area contributed by atoms with E-state index in [-0.39, 0.29) is 5.95 Å². The summed E-state index contributed by atoms with van der Waals surface area (Å²) in [6.07, 6.45) is 2.23. The number of sulfone groups is 1. The molecule has 1 aliphatic rings. The zero-order valence-corrected chi connectivity index (χ0v) is 13.9. The van der Waals surface area contributed by atoms with E-state index < -0.39 is 15.2 Å². The fourth-order valence-corrected chi connectivity index (χ4v) is 4.97. The van der Waals surface area contributed by atoms with Crippen LogP contribution in [0.3, 0.4) is 0 Å². The van der Waals surface area contributed by atoms with E-state index in [0.717, 1.165) is 18.7 Å². The van der Waals surface area contributed by atoms with Gasteiger partial charge in [0.05, 0.1) is 0 Å². The maximum atomic E-state index is 12.0. The van der Waals surface area contributed by atoms with Gasteiger partial charge in [-0.05, 0) is 6.42 Å². The van der Waals surface area contributed by atoms with Crippen molar-refractivity contribution in [3.8, 4) is 0 Å². The molecule has 2 rings (SSSR count). The summed E-state index contributed by atoms with van der Waals surface area (Å²) < 4.78 is 23.9. The SMILES string of the molecule is CCCNc1cc(N2CCSCC2S(C)(=O)=O)nc(N)n1. The second-order valence-corrected chi connectivity index (χ2v) is 8.30. The molecule has 2 heterocycles. The number of nitrogen functional groups attached to an aromatic ring is 1. The van der Waals surface area contributed by atoms with Crippen LogP contribution in [0.5, 0.6) is 0 Å². The topological polar surface area (TPSA) is 101 Å². The molecule has 1 unspecified atom stereocenters. The van der Waals surface area contributed by atoms with Gasteiger partial charge in [-0.25, -0.2) is 8.42 Å². The molecule has 0 bridgehead atoms. The Bertz CT molecular complexity index is 593. The Morgan fingerprint density at radius 1 is 1.52 bits per heavy atom. The summed E-state index contributed by atoms with van der Waals surface area (Å²) in [7, 11) is -3.18. The van der Waals surface area contributed by atoms with Crippen molar-refractivity contribution in [2.75, 3.05) is 46.8 Å². The highest BCUT2D eigenvalue weighted by molar-refractivity contribution is 8.01. The smallest absolute Gasteiger partial charge is 0.223 e. The molecule has 9 heteroatoms. The number of nitrogens with one attached hydrogen (secondary N) is 1. The Hall–Kier alpha value is -1.22. The molecule has 1 fully saturated rings. The van der Waals surface area contributed by atoms with E-state index in [4.69, 9.17) is 5.73 Å². The average molecular weight is 331 g/mol. The number of hydrogen-bond donors (Lipinski definition) is 2. The van der Waals surface area contributed by atoms with Crippen molar-refractivity contribution in [3.05, 3.63) is 6.07 Å². The van der Waals surface area contributed by atoms with Crippen LogP contribution in [0, 0.1) is 0 Å². The number of thioether (sulfide) groups is 1. The summed E-state index contributed by atoms with van der Waals surface area (Å²) in [5, 5.41) is 2.59. The van der Waals surface area contributed by atoms with Crippen molar-refractivity contribution < 1.29 is 8.42 Å². The zero-order valence-electron chi connectivity index (χ0n) is 12.2. The lowest BCUT2D eigenvalue weighted by Gasteiger charge is -2.35. The predicted molar refractivity (Wildman–Crippen MR) is 88.5 cm³/mol. The van der Waals surface area contributed by atoms with Crippen LogP contribution in [0.15, 0.2) is 6.07 Å². The van der Waals surface area contributed by atoms with E-state index in [1.807, 2.05) is 0 Å². The molecule has 118 valence electrons. The maximum Gasteiger partial charge on any atom is 0.223 e. The van der Waals surface area contributed by atoms with E-state index in [1.165, 1.54) is 6.26 Å². The number of hydrogen-bond acceptors (Lipinski definition) is 8. The Labute approximate surface area is 129 Å². The first kappa shape index (κ1) is 16.2. The molecule has 0 aliphatic carbocycles. The molecule has 1 atom stereocenters. The van der Waals surface area contributed by atoms with Gasteiger partial charge in [-0.2, -0.15) is 21.7 Å². The molecule has 1 aromatic heterocycles. The van der Waals surface area contributed by atoms with Gasteiger partial charge in [0.15, 0.2) is 9.84 Å². The first-order valence-corrected chi connectivity index (χ1v) is 9.94. The zero-order chi connectivity index (χ0) is 15.5. The van der Waals surface area contributed by atoms with Crippen LogP contribution in [0.25, 0.3) is 0 Å². The van der Waals surface area contributed by atoms with Crippen molar-refractivity contribution in [1.29, 1.82) is 0 Å². The Balaban J connectivity index is 2.32. The molecule has 0 saturated carbocycles. The van der Waals surface area contributed by atoms with Crippen molar-refractivity contribution in [3.63, 3.8) is 0 Å². The van der Waals surface area contributed by atoms with Gasteiger partial charge in [0, 0.05) is 36.9 Å². The van der Waals surface area contributed by atoms with Crippen LogP contribution in [0.2, 0.25) is 0 Å². The summed E-state index contributed by atoms with van der Waals surface area (Å²) in [5.41, 5.74) is 5.75. The number of anilines is 3. The lowest BCUT2D eigenvalue weighted by molar-refractivity contribution is 0.583. The lowest BCUT2D eigenvalue weighted by Crippen LogP contribution is -2.47. The van der Waals surface area contributed by atoms with Gasteiger partial charge < -0.3 is 16.0 Å². The van der Waals surface area contributed by atoms with Gasteiger partial charge in [0.1, 0.15) is 17.0 Å². The first-order valence-electron chi connectivity index (χ1n) is 6.83. The highest BCUT2D eigenvalue weighted by Crippen LogP contribution is 2.27. The molecule has 1 aliphatic heterocycles. The summed E-state index contributed by atoms with van der Waals surface area (Å²) >= 11 is 1.64. The first-order chi connectivity index (χ1) is 9.91. The second kappa shape index (κ2) is 6.69. The van der Waals surface area contributed by atoms with Crippen LogP contribution in [-0.4, -0.2) is 54.6 Å². The fourth-order valence-electron chi connectivity index (χ4n) is 2.14. The molecule has 0 spiro atoms. The third kappa shape index (κ3) is 4.13. The van der Waals surface area contributed by atoms with Crippen LogP contribution < -0.4 is 16.0 Å². The van der Waals surface area contributed by atoms with Crippen LogP contribution in [0.4, 0.5) is 17.6 Å². The van der Waals surface area contributed by atoms with Crippen molar-refractivity contribution in [2.45, 2.75) is 18.7 Å². The van der Waals surface area contributed by atoms with Gasteiger partial charge >= 0.3 is 0 Å². The molecule has 21 heavy (non-hydrogen) atoms. The standard InChI is InChI=1S/C12H21N5O2S2/c1-3-4-14-9-7-10(16-12(13)15-9)17-5-6-20-8-11(17)21(2,18)19/h7,11H,3-6,8H2,1-2H3,(H3,13,14,15,16). The third-order valence-corrected chi connectivity index (χ3v) is 5.80. The van der Waals surface area contributed by atoms with Gasteiger partial charge in [-0.1, -0.05) is 6.92 Å². The van der Waals surface area contributed by atoms with Gasteiger partial charge in [0.2, 0.25) is 5.95 Å². The van der Waals surface area contributed by atoms with Gasteiger partial charge in [0.25, 0.3) is 0 Å². The van der Waals surface area contributed by atoms with Crippen molar-refractivity contribution >= 4 is 39.2 Å². The minimum Gasteiger partial charge on any atom is -0.370 e. The summed E-state index contributed by atoms with van der Waals surface area (Å²) in [4.78, 5) is 10.1. The quantitative estimate of drug-likeness (QED) is 0.817. The minimum atomic E-state index is -3.18. The van der Waals surface area contributed by atoms with E-state index in [1.54, 1.807) is 22.7 Å². The van der Waals surface area contributed by atoms with E-state index in [2.05, 4.69) is 22.2 Å². The number of aromatic nitrogens is 2. The van der Waals surface area contributed by atoms with Crippen LogP contribution in [0.1, 0.15) is 13.3 Å². The lowest BCUT2D eigenvalue weighted by atomic mass is 10.4. The van der Waals surface area contributed by atoms with Gasteiger partial charge in [-0.15, -0.1) is 0 Å². The minimum absolute atomic E-state index is 0.150. The van der Waals surface area contributed by atoms with Crippen LogP contribution in [-0.2, 0) is 9.84 Å². The monoisotopic (exact) mass is 331 g/mol. The Morgan fingerprint density at radius 3 is 2.95 bits per heavy atom. The summed E-state index contributed by atoms with van der Waals surface area (Å²) in [6, 6.07) is 1.76. The number of nitrogens with two attached hydrogens (primary N) is 1. The third-order valence-electron chi connectivity index (χ3n) is 3.16. The molecule has 7 nitrogen and oxygen atoms in total. The average Bonchev–Trinajstić information content (AvgIpc) is 2.43. The molecule has 0 radical (unpaired) electrons. The summed E-state index contributed by atoms with van der Waals surface area (Å²) in [6.45, 7) is 3.47. The number of nitrogens with zero attached hydrogens (tertiary/aromatic N) is 3. The van der Waals surface area contributed by atoms with Crippen molar-refractivity contribution in [1.82, 2.24) is 9.97 Å². The van der Waals surface area contributed by atoms with Gasteiger partial charge in [-0.3, -0.25) is 0 Å². The molecule has 1 aromatic rings. The fraction of sp³-hybridized carbons (Fsp3) is 0.667. The van der Waals surface area contributed by atoms with Crippen LogP contribution >= 0.6 is 11.8 Å². The molecule has 0 aromatic carbocycles. The second-order valence-electron chi connectivity index (χ2n) is 4.95. The Kier molecular flexibility index (Phi) is 5.15. The number of rotatable bonds is 5. The highest BCUT2D eigenvalue weighted by Gasteiger charge is 2.32. The maximum absolute atomic E-state index is 12.0. The van der Waals surface area contributed by atoms with Crippen molar-refractivity contribution in [2.24, 2.45) is 0 Å². The van der Waals surface area contributed by atoms with E-state index >= 15 is 0 Å². The van der Waals surface area contributed by atoms with E-state index in [9.17, 15) is 8.42 Å². The predicted octanol–water partition coefficient (Wildman–Crippen LogP) is 0.805. The largest absolute Gasteiger partial charge is 0.370 e. The Morgan fingerprint density at radius 2 is 2.29 bits per heavy atom. The molecule has 0 amide bonds. The summed E-state index contributed by atoms with van der Waals surface area (Å²) in [5.74, 6) is 2.76. The highest BCUT2D eigenvalue weighted by atomic mass is 32.2.